The van der Waals surface area contributed by atoms with E-state index >= 15 is 0 Å². The number of aromatic nitrogens is 3. The Kier molecular flexibility index (Phi) is 4.14. The lowest BCUT2D eigenvalue weighted by Crippen LogP contribution is -2.49. The molecular weight excluding hydrogens is 301 g/mol. The SMILES string of the molecule is COc1cc(F)ccc1N1CCN(C(=O)c2cnnn2C)CC1. The quantitative estimate of drug-likeness (QED) is 0.842. The number of rotatable bonds is 3. The van der Waals surface area contributed by atoms with Crippen molar-refractivity contribution in [2.24, 2.45) is 7.05 Å². The van der Waals surface area contributed by atoms with E-state index in [1.54, 1.807) is 18.0 Å². The predicted octanol–water partition coefficient (Wildman–Crippen LogP) is 0.925. The number of nitrogens with zero attached hydrogens (tertiary/aromatic N) is 5. The highest BCUT2D eigenvalue weighted by molar-refractivity contribution is 5.92. The molecule has 1 amide bonds. The Hall–Kier alpha value is -2.64. The second-order valence-electron chi connectivity index (χ2n) is 5.34. The standard InChI is InChI=1S/C15H18FN5O2/c1-19-13(10-17-18-19)15(22)21-7-5-20(6-8-21)12-4-3-11(16)9-14(12)23-2/h3-4,9-10H,5-8H2,1-2H3. The van der Waals surface area contributed by atoms with Gasteiger partial charge in [-0.2, -0.15) is 0 Å². The molecule has 0 bridgehead atoms. The molecule has 2 aromatic rings. The molecule has 1 aliphatic heterocycles. The normalized spacial score (nSPS) is 14.9. The number of carbonyl (C=O) groups excluding carboxylic acids is 1. The maximum Gasteiger partial charge on any atom is 0.273 e. The number of aryl methyl sites for hydroxylation is 1. The molecule has 7 nitrogen and oxygen atoms in total. The molecule has 1 fully saturated rings. The molecule has 0 spiro atoms. The zero-order chi connectivity index (χ0) is 16.4. The van der Waals surface area contributed by atoms with Crippen LogP contribution in [0.1, 0.15) is 10.5 Å². The van der Waals surface area contributed by atoms with Crippen molar-refractivity contribution in [1.82, 2.24) is 19.9 Å². The third kappa shape index (κ3) is 2.96. The van der Waals surface area contributed by atoms with Crippen LogP contribution in [-0.2, 0) is 7.05 Å². The molecule has 0 aliphatic carbocycles. The van der Waals surface area contributed by atoms with Crippen molar-refractivity contribution in [1.29, 1.82) is 0 Å². The van der Waals surface area contributed by atoms with Crippen molar-refractivity contribution in [3.63, 3.8) is 0 Å². The fourth-order valence-corrected chi connectivity index (χ4v) is 2.71. The zero-order valence-electron chi connectivity index (χ0n) is 13.1. The number of anilines is 1. The number of hydrogen-bond acceptors (Lipinski definition) is 5. The van der Waals surface area contributed by atoms with Crippen LogP contribution >= 0.6 is 0 Å². The smallest absolute Gasteiger partial charge is 0.273 e. The minimum atomic E-state index is -0.330. The van der Waals surface area contributed by atoms with Crippen molar-refractivity contribution in [2.75, 3.05) is 38.2 Å². The molecule has 3 rings (SSSR count). The van der Waals surface area contributed by atoms with Gasteiger partial charge in [0.05, 0.1) is 19.0 Å². The molecule has 23 heavy (non-hydrogen) atoms. The summed E-state index contributed by atoms with van der Waals surface area (Å²) in [5, 5.41) is 7.52. The summed E-state index contributed by atoms with van der Waals surface area (Å²) in [5.74, 6) is 0.0898. The Morgan fingerprint density at radius 1 is 1.26 bits per heavy atom. The second kappa shape index (κ2) is 6.23. The lowest BCUT2D eigenvalue weighted by Gasteiger charge is -2.36. The Morgan fingerprint density at radius 3 is 2.61 bits per heavy atom. The van der Waals surface area contributed by atoms with Crippen LogP contribution in [0.4, 0.5) is 10.1 Å². The topological polar surface area (TPSA) is 63.5 Å². The fourth-order valence-electron chi connectivity index (χ4n) is 2.71. The fraction of sp³-hybridized carbons (Fsp3) is 0.400. The van der Waals surface area contributed by atoms with E-state index < -0.39 is 0 Å². The summed E-state index contributed by atoms with van der Waals surface area (Å²) in [6, 6.07) is 4.49. The van der Waals surface area contributed by atoms with Gasteiger partial charge in [-0.05, 0) is 12.1 Å². The van der Waals surface area contributed by atoms with Crippen molar-refractivity contribution in [2.45, 2.75) is 0 Å². The largest absolute Gasteiger partial charge is 0.494 e. The molecule has 1 aliphatic rings. The van der Waals surface area contributed by atoms with E-state index in [0.29, 0.717) is 37.6 Å². The Balaban J connectivity index is 1.69. The van der Waals surface area contributed by atoms with Crippen molar-refractivity contribution < 1.29 is 13.9 Å². The molecular formula is C15H18FN5O2. The number of amides is 1. The van der Waals surface area contributed by atoms with Crippen LogP contribution in [0.2, 0.25) is 0 Å². The van der Waals surface area contributed by atoms with Crippen LogP contribution in [-0.4, -0.2) is 59.1 Å². The van der Waals surface area contributed by atoms with Gasteiger partial charge in [0.2, 0.25) is 0 Å². The van der Waals surface area contributed by atoms with E-state index in [0.717, 1.165) is 5.69 Å². The van der Waals surface area contributed by atoms with E-state index in [1.165, 1.54) is 30.1 Å². The van der Waals surface area contributed by atoms with Gasteiger partial charge in [-0.25, -0.2) is 9.07 Å². The summed E-state index contributed by atoms with van der Waals surface area (Å²) in [7, 11) is 3.22. The number of ether oxygens (including phenoxy) is 1. The number of methoxy groups -OCH3 is 1. The van der Waals surface area contributed by atoms with Crippen LogP contribution in [0.3, 0.4) is 0 Å². The molecule has 1 aromatic heterocycles. The monoisotopic (exact) mass is 319 g/mol. The van der Waals surface area contributed by atoms with E-state index in [4.69, 9.17) is 4.74 Å². The van der Waals surface area contributed by atoms with Crippen LogP contribution in [0.25, 0.3) is 0 Å². The van der Waals surface area contributed by atoms with E-state index in [-0.39, 0.29) is 11.7 Å². The van der Waals surface area contributed by atoms with Gasteiger partial charge in [0.1, 0.15) is 17.3 Å². The predicted molar refractivity (Wildman–Crippen MR) is 82.1 cm³/mol. The molecule has 1 aromatic carbocycles. The second-order valence-corrected chi connectivity index (χ2v) is 5.34. The van der Waals surface area contributed by atoms with E-state index in [2.05, 4.69) is 15.2 Å². The van der Waals surface area contributed by atoms with Crippen molar-refractivity contribution in [3.05, 3.63) is 35.9 Å². The number of piperazine rings is 1. The summed E-state index contributed by atoms with van der Waals surface area (Å²) >= 11 is 0. The van der Waals surface area contributed by atoms with Gasteiger partial charge in [0, 0.05) is 39.3 Å². The highest BCUT2D eigenvalue weighted by atomic mass is 19.1. The van der Waals surface area contributed by atoms with Gasteiger partial charge in [0.25, 0.3) is 5.91 Å². The molecule has 1 saturated heterocycles. The molecule has 122 valence electrons. The van der Waals surface area contributed by atoms with Gasteiger partial charge in [-0.15, -0.1) is 5.10 Å². The molecule has 0 atom stereocenters. The summed E-state index contributed by atoms with van der Waals surface area (Å²) in [5.41, 5.74) is 1.31. The first-order valence-electron chi connectivity index (χ1n) is 7.32. The van der Waals surface area contributed by atoms with Crippen molar-refractivity contribution >= 4 is 11.6 Å². The van der Waals surface area contributed by atoms with Gasteiger partial charge in [-0.3, -0.25) is 4.79 Å². The zero-order valence-corrected chi connectivity index (χ0v) is 13.1. The molecule has 0 saturated carbocycles. The van der Waals surface area contributed by atoms with Gasteiger partial charge in [0.15, 0.2) is 0 Å². The summed E-state index contributed by atoms with van der Waals surface area (Å²) < 4.78 is 20.0. The first kappa shape index (κ1) is 15.3. The average molecular weight is 319 g/mol. The highest BCUT2D eigenvalue weighted by Crippen LogP contribution is 2.29. The molecule has 0 radical (unpaired) electrons. The molecule has 0 unspecified atom stereocenters. The first-order chi connectivity index (χ1) is 11.1. The number of carbonyl (C=O) groups is 1. The third-order valence-electron chi connectivity index (χ3n) is 3.98. The van der Waals surface area contributed by atoms with E-state index in [1.807, 2.05) is 0 Å². The van der Waals surface area contributed by atoms with Crippen LogP contribution < -0.4 is 9.64 Å². The maximum atomic E-state index is 13.3. The highest BCUT2D eigenvalue weighted by Gasteiger charge is 2.25. The van der Waals surface area contributed by atoms with Gasteiger partial charge < -0.3 is 14.5 Å². The van der Waals surface area contributed by atoms with E-state index in [9.17, 15) is 9.18 Å². The van der Waals surface area contributed by atoms with Gasteiger partial charge >= 0.3 is 0 Å². The Labute approximate surface area is 133 Å². The minimum Gasteiger partial charge on any atom is -0.494 e. The third-order valence-corrected chi connectivity index (χ3v) is 3.98. The van der Waals surface area contributed by atoms with Crippen LogP contribution in [0.15, 0.2) is 24.4 Å². The van der Waals surface area contributed by atoms with Crippen LogP contribution in [0, 0.1) is 5.82 Å². The molecule has 2 heterocycles. The number of hydrogen-bond donors (Lipinski definition) is 0. The summed E-state index contributed by atoms with van der Waals surface area (Å²) in [4.78, 5) is 16.3. The van der Waals surface area contributed by atoms with Crippen molar-refractivity contribution in [3.8, 4) is 5.75 Å². The maximum absolute atomic E-state index is 13.3. The number of benzene rings is 1. The Morgan fingerprint density at radius 2 is 2.00 bits per heavy atom. The Bertz CT molecular complexity index is 710. The average Bonchev–Trinajstić information content (AvgIpc) is 3.00. The van der Waals surface area contributed by atoms with Gasteiger partial charge in [-0.1, -0.05) is 5.21 Å². The lowest BCUT2D eigenvalue weighted by molar-refractivity contribution is 0.0735. The molecule has 0 N–H and O–H groups in total. The number of halogens is 1. The minimum absolute atomic E-state index is 0.0804. The lowest BCUT2D eigenvalue weighted by atomic mass is 10.2. The summed E-state index contributed by atoms with van der Waals surface area (Å²) in [6.45, 7) is 2.45. The molecule has 8 heteroatoms. The van der Waals surface area contributed by atoms with Crippen LogP contribution in [0.5, 0.6) is 5.75 Å². The first-order valence-corrected chi connectivity index (χ1v) is 7.32. The summed E-state index contributed by atoms with van der Waals surface area (Å²) in [6.07, 6.45) is 1.47.